The summed E-state index contributed by atoms with van der Waals surface area (Å²) < 4.78 is 7.23. The lowest BCUT2D eigenvalue weighted by Gasteiger charge is -2.12. The average Bonchev–Trinajstić information content (AvgIpc) is 3.09. The topological polar surface area (TPSA) is 44.1 Å². The first-order chi connectivity index (χ1) is 10.8. The summed E-state index contributed by atoms with van der Waals surface area (Å²) in [6.07, 6.45) is 3.18. The fourth-order valence-corrected chi connectivity index (χ4v) is 4.30. The van der Waals surface area contributed by atoms with E-state index in [1.165, 1.54) is 10.4 Å². The van der Waals surface area contributed by atoms with Crippen LogP contribution in [0.2, 0.25) is 0 Å². The smallest absolute Gasteiger partial charge is 0.305 e. The zero-order valence-electron chi connectivity index (χ0n) is 12.3. The molecule has 1 aromatic carbocycles. The van der Waals surface area contributed by atoms with E-state index in [9.17, 15) is 4.79 Å². The molecule has 5 heteroatoms. The maximum atomic E-state index is 13.1. The molecule has 0 saturated carbocycles. The third-order valence-corrected chi connectivity index (χ3v) is 5.18. The maximum Gasteiger partial charge on any atom is 0.305 e. The highest BCUT2D eigenvalue weighted by atomic mass is 32.1. The van der Waals surface area contributed by atoms with Crippen LogP contribution in [0.4, 0.5) is 0 Å². The first kappa shape index (κ1) is 13.5. The van der Waals surface area contributed by atoms with Gasteiger partial charge in [0.1, 0.15) is 4.83 Å². The molecule has 4 rings (SSSR count). The number of ether oxygens (including phenoxy) is 1. The van der Waals surface area contributed by atoms with Gasteiger partial charge < -0.3 is 4.74 Å². The molecule has 0 spiro atoms. The van der Waals surface area contributed by atoms with Gasteiger partial charge in [0.2, 0.25) is 0 Å². The Morgan fingerprint density at radius 3 is 2.86 bits per heavy atom. The Hall–Kier alpha value is -2.14. The number of thiophene rings is 1. The lowest BCUT2D eigenvalue weighted by atomic mass is 10.2. The van der Waals surface area contributed by atoms with Crippen molar-refractivity contribution in [3.8, 4) is 11.7 Å². The lowest BCUT2D eigenvalue weighted by Crippen LogP contribution is -2.22. The number of aromatic nitrogens is 2. The van der Waals surface area contributed by atoms with Crippen LogP contribution >= 0.6 is 11.3 Å². The van der Waals surface area contributed by atoms with Crippen LogP contribution in [0.5, 0.6) is 6.01 Å². The van der Waals surface area contributed by atoms with Gasteiger partial charge in [-0.3, -0.25) is 4.79 Å². The van der Waals surface area contributed by atoms with Gasteiger partial charge in [0.15, 0.2) is 0 Å². The average molecular weight is 312 g/mol. The van der Waals surface area contributed by atoms with E-state index < -0.39 is 0 Å². The second-order valence-electron chi connectivity index (χ2n) is 5.34. The third-order valence-electron chi connectivity index (χ3n) is 4.00. The van der Waals surface area contributed by atoms with Crippen LogP contribution in [-0.4, -0.2) is 16.2 Å². The van der Waals surface area contributed by atoms with Crippen molar-refractivity contribution >= 4 is 21.6 Å². The van der Waals surface area contributed by atoms with E-state index in [0.717, 1.165) is 35.2 Å². The quantitative estimate of drug-likeness (QED) is 0.745. The van der Waals surface area contributed by atoms with Crippen molar-refractivity contribution in [2.24, 2.45) is 0 Å². The van der Waals surface area contributed by atoms with Crippen molar-refractivity contribution in [2.45, 2.75) is 26.2 Å². The molecule has 22 heavy (non-hydrogen) atoms. The highest BCUT2D eigenvalue weighted by Gasteiger charge is 2.24. The van der Waals surface area contributed by atoms with Crippen molar-refractivity contribution in [3.63, 3.8) is 0 Å². The van der Waals surface area contributed by atoms with Crippen molar-refractivity contribution in [1.29, 1.82) is 0 Å². The Bertz CT molecular complexity index is 896. The van der Waals surface area contributed by atoms with Crippen LogP contribution in [0.3, 0.4) is 0 Å². The largest absolute Gasteiger partial charge is 0.465 e. The normalized spacial score (nSPS) is 13.5. The second kappa shape index (κ2) is 5.25. The molecule has 1 aliphatic rings. The minimum Gasteiger partial charge on any atom is -0.465 e. The van der Waals surface area contributed by atoms with E-state index in [1.807, 2.05) is 37.3 Å². The molecule has 0 aliphatic heterocycles. The number of nitrogens with zero attached hydrogens (tertiary/aromatic N) is 2. The van der Waals surface area contributed by atoms with Gasteiger partial charge in [-0.05, 0) is 43.9 Å². The van der Waals surface area contributed by atoms with Crippen LogP contribution in [0.25, 0.3) is 15.9 Å². The Balaban J connectivity index is 2.06. The van der Waals surface area contributed by atoms with E-state index in [0.29, 0.717) is 12.6 Å². The Morgan fingerprint density at radius 1 is 1.27 bits per heavy atom. The second-order valence-corrected chi connectivity index (χ2v) is 6.42. The summed E-state index contributed by atoms with van der Waals surface area (Å²) in [6, 6.07) is 9.96. The standard InChI is InChI=1S/C17H16N2O2S/c1-2-21-17-18-15-14(12-9-6-10-13(12)22-15)16(20)19(17)11-7-4-3-5-8-11/h3-5,7-8H,2,6,9-10H2,1H3. The molecule has 0 radical (unpaired) electrons. The molecular weight excluding hydrogens is 296 g/mol. The molecule has 0 N–H and O–H groups in total. The number of benzene rings is 1. The van der Waals surface area contributed by atoms with E-state index in [1.54, 1.807) is 15.9 Å². The van der Waals surface area contributed by atoms with Gasteiger partial charge in [0.25, 0.3) is 5.56 Å². The molecular formula is C17H16N2O2S. The fraction of sp³-hybridized carbons (Fsp3) is 0.294. The van der Waals surface area contributed by atoms with Gasteiger partial charge in [-0.15, -0.1) is 11.3 Å². The van der Waals surface area contributed by atoms with Crippen molar-refractivity contribution in [2.75, 3.05) is 6.61 Å². The molecule has 0 fully saturated rings. The molecule has 2 heterocycles. The zero-order chi connectivity index (χ0) is 15.1. The molecule has 0 amide bonds. The van der Waals surface area contributed by atoms with Crippen molar-refractivity contribution in [1.82, 2.24) is 9.55 Å². The molecule has 112 valence electrons. The van der Waals surface area contributed by atoms with Crippen molar-refractivity contribution < 1.29 is 4.74 Å². The zero-order valence-corrected chi connectivity index (χ0v) is 13.2. The number of aryl methyl sites for hydroxylation is 2. The predicted octanol–water partition coefficient (Wildman–Crippen LogP) is 3.33. The predicted molar refractivity (Wildman–Crippen MR) is 88.4 cm³/mol. The van der Waals surface area contributed by atoms with Gasteiger partial charge in [0, 0.05) is 4.88 Å². The Morgan fingerprint density at radius 2 is 2.09 bits per heavy atom. The number of hydrogen-bond acceptors (Lipinski definition) is 4. The van der Waals surface area contributed by atoms with Crippen LogP contribution in [0.15, 0.2) is 35.1 Å². The summed E-state index contributed by atoms with van der Waals surface area (Å²) in [5.41, 5.74) is 1.98. The number of hydrogen-bond donors (Lipinski definition) is 0. The molecule has 0 saturated heterocycles. The van der Waals surface area contributed by atoms with E-state index in [2.05, 4.69) is 4.98 Å². The summed E-state index contributed by atoms with van der Waals surface area (Å²) in [6.45, 7) is 2.38. The molecule has 0 bridgehead atoms. The van der Waals surface area contributed by atoms with E-state index >= 15 is 0 Å². The maximum absolute atomic E-state index is 13.1. The lowest BCUT2D eigenvalue weighted by molar-refractivity contribution is 0.304. The first-order valence-electron chi connectivity index (χ1n) is 7.55. The first-order valence-corrected chi connectivity index (χ1v) is 8.36. The van der Waals surface area contributed by atoms with Crippen LogP contribution < -0.4 is 10.3 Å². The molecule has 4 nitrogen and oxygen atoms in total. The summed E-state index contributed by atoms with van der Waals surface area (Å²) in [5.74, 6) is 0. The van der Waals surface area contributed by atoms with E-state index in [4.69, 9.17) is 4.74 Å². The SMILES string of the molecule is CCOc1nc2sc3c(c2c(=O)n1-c1ccccc1)CCC3. The summed E-state index contributed by atoms with van der Waals surface area (Å²) in [4.78, 5) is 19.8. The highest BCUT2D eigenvalue weighted by molar-refractivity contribution is 7.18. The molecule has 2 aromatic heterocycles. The summed E-state index contributed by atoms with van der Waals surface area (Å²) in [7, 11) is 0. The Labute approximate surface area is 132 Å². The van der Waals surface area contributed by atoms with Crippen LogP contribution in [-0.2, 0) is 12.8 Å². The fourth-order valence-electron chi connectivity index (χ4n) is 3.06. The monoisotopic (exact) mass is 312 g/mol. The van der Waals surface area contributed by atoms with Crippen LogP contribution in [0.1, 0.15) is 23.8 Å². The highest BCUT2D eigenvalue weighted by Crippen LogP contribution is 2.35. The molecule has 3 aromatic rings. The third kappa shape index (κ3) is 1.96. The van der Waals surface area contributed by atoms with Gasteiger partial charge in [-0.1, -0.05) is 18.2 Å². The Kier molecular flexibility index (Phi) is 3.22. The number of rotatable bonds is 3. The minimum atomic E-state index is -0.0148. The number of para-hydroxylation sites is 1. The van der Waals surface area contributed by atoms with Gasteiger partial charge in [-0.2, -0.15) is 4.98 Å². The minimum absolute atomic E-state index is 0.0148. The molecule has 1 aliphatic carbocycles. The summed E-state index contributed by atoms with van der Waals surface area (Å²) >= 11 is 1.64. The van der Waals surface area contributed by atoms with Gasteiger partial charge >= 0.3 is 6.01 Å². The summed E-state index contributed by atoms with van der Waals surface area (Å²) in [5, 5.41) is 0.782. The molecule has 0 unspecified atom stereocenters. The van der Waals surface area contributed by atoms with Crippen molar-refractivity contribution in [3.05, 3.63) is 51.1 Å². The molecule has 0 atom stereocenters. The van der Waals surface area contributed by atoms with Gasteiger partial charge in [-0.25, -0.2) is 4.57 Å². The number of fused-ring (bicyclic) bond motifs is 3. The van der Waals surface area contributed by atoms with Crippen LogP contribution in [0, 0.1) is 0 Å². The van der Waals surface area contributed by atoms with E-state index in [-0.39, 0.29) is 5.56 Å². The van der Waals surface area contributed by atoms with Gasteiger partial charge in [0.05, 0.1) is 17.7 Å².